The lowest BCUT2D eigenvalue weighted by molar-refractivity contribution is -0.147. The van der Waals surface area contributed by atoms with E-state index in [4.69, 9.17) is 4.74 Å². The van der Waals surface area contributed by atoms with Crippen molar-refractivity contribution in [3.8, 4) is 5.75 Å². The third kappa shape index (κ3) is 1.13. The molecule has 17 heavy (non-hydrogen) atoms. The Hall–Kier alpha value is -1.57. The van der Waals surface area contributed by atoms with Crippen molar-refractivity contribution >= 4 is 5.97 Å². The summed E-state index contributed by atoms with van der Waals surface area (Å²) in [5, 5.41) is 0. The van der Waals surface area contributed by atoms with Crippen LogP contribution in [0.5, 0.6) is 5.75 Å². The molecule has 2 aliphatic rings. The maximum Gasteiger partial charge on any atom is 0.321 e. The van der Waals surface area contributed by atoms with Crippen LogP contribution in [0.4, 0.5) is 0 Å². The zero-order chi connectivity index (χ0) is 12.3. The number of benzene rings is 1. The molecule has 2 atom stereocenters. The fourth-order valence-electron chi connectivity index (χ4n) is 2.98. The first kappa shape index (κ1) is 10.6. The summed E-state index contributed by atoms with van der Waals surface area (Å²) in [4.78, 5) is 12.2. The standard InChI is InChI=1S/C15H16O2/c1-10-5-6-12-11(9-10)14(2)7-4-8-15(14,3)13(16)17-12/h4-6,8-9H,7H2,1-3H3/t14-,15+/m1/s1. The van der Waals surface area contributed by atoms with Gasteiger partial charge in [-0.1, -0.05) is 36.8 Å². The molecule has 3 rings (SSSR count). The van der Waals surface area contributed by atoms with Gasteiger partial charge >= 0.3 is 5.97 Å². The van der Waals surface area contributed by atoms with Crippen LogP contribution in [0, 0.1) is 12.3 Å². The molecule has 1 aliphatic heterocycles. The molecule has 1 heterocycles. The highest BCUT2D eigenvalue weighted by atomic mass is 16.5. The second-order valence-electron chi connectivity index (χ2n) is 5.53. The van der Waals surface area contributed by atoms with Crippen LogP contribution in [0.15, 0.2) is 30.4 Å². The summed E-state index contributed by atoms with van der Waals surface area (Å²) in [5.74, 6) is 0.592. The second-order valence-corrected chi connectivity index (χ2v) is 5.53. The first-order valence-electron chi connectivity index (χ1n) is 5.98. The van der Waals surface area contributed by atoms with Gasteiger partial charge in [-0.2, -0.15) is 0 Å². The van der Waals surface area contributed by atoms with Crippen molar-refractivity contribution < 1.29 is 9.53 Å². The molecule has 1 aromatic carbocycles. The van der Waals surface area contributed by atoms with Crippen LogP contribution in [-0.4, -0.2) is 5.97 Å². The van der Waals surface area contributed by atoms with Crippen LogP contribution in [-0.2, 0) is 10.2 Å². The fraction of sp³-hybridized carbons (Fsp3) is 0.400. The molecule has 0 spiro atoms. The molecule has 0 saturated carbocycles. The van der Waals surface area contributed by atoms with E-state index < -0.39 is 5.41 Å². The van der Waals surface area contributed by atoms with E-state index >= 15 is 0 Å². The number of ether oxygens (including phenoxy) is 1. The van der Waals surface area contributed by atoms with Crippen molar-refractivity contribution in [1.82, 2.24) is 0 Å². The van der Waals surface area contributed by atoms with E-state index in [2.05, 4.69) is 26.0 Å². The Kier molecular flexibility index (Phi) is 1.87. The highest BCUT2D eigenvalue weighted by molar-refractivity contribution is 5.87. The number of rotatable bonds is 0. The number of hydrogen-bond donors (Lipinski definition) is 0. The van der Waals surface area contributed by atoms with Crippen molar-refractivity contribution in [3.05, 3.63) is 41.5 Å². The lowest BCUT2D eigenvalue weighted by Gasteiger charge is -2.43. The molecule has 0 bridgehead atoms. The molecule has 0 unspecified atom stereocenters. The number of carbonyl (C=O) groups excluding carboxylic acids is 1. The number of aryl methyl sites for hydroxylation is 1. The van der Waals surface area contributed by atoms with Crippen LogP contribution in [0.3, 0.4) is 0 Å². The topological polar surface area (TPSA) is 26.3 Å². The number of fused-ring (bicyclic) bond motifs is 3. The Balaban J connectivity index is 2.28. The summed E-state index contributed by atoms with van der Waals surface area (Å²) in [6, 6.07) is 6.04. The van der Waals surface area contributed by atoms with Crippen LogP contribution in [0.2, 0.25) is 0 Å². The molecule has 0 radical (unpaired) electrons. The molecule has 0 aromatic heterocycles. The third-order valence-corrected chi connectivity index (χ3v) is 4.48. The largest absolute Gasteiger partial charge is 0.426 e. The van der Waals surface area contributed by atoms with Gasteiger partial charge in [-0.3, -0.25) is 4.79 Å². The summed E-state index contributed by atoms with van der Waals surface area (Å²) >= 11 is 0. The van der Waals surface area contributed by atoms with Gasteiger partial charge in [0.05, 0.1) is 5.41 Å². The smallest absolute Gasteiger partial charge is 0.321 e. The normalized spacial score (nSPS) is 34.2. The molecular formula is C15H16O2. The minimum atomic E-state index is -0.520. The predicted molar refractivity (Wildman–Crippen MR) is 66.0 cm³/mol. The van der Waals surface area contributed by atoms with Gasteiger partial charge in [0.15, 0.2) is 0 Å². The lowest BCUT2D eigenvalue weighted by atomic mass is 9.62. The molecule has 0 N–H and O–H groups in total. The van der Waals surface area contributed by atoms with Gasteiger partial charge in [-0.15, -0.1) is 0 Å². The molecule has 88 valence electrons. The van der Waals surface area contributed by atoms with E-state index in [0.29, 0.717) is 0 Å². The second kappa shape index (κ2) is 3.00. The summed E-state index contributed by atoms with van der Waals surface area (Å²) in [6.45, 7) is 6.20. The molecule has 1 aliphatic carbocycles. The number of hydrogen-bond acceptors (Lipinski definition) is 2. The lowest BCUT2D eigenvalue weighted by Crippen LogP contribution is -2.48. The minimum absolute atomic E-state index is 0.134. The zero-order valence-electron chi connectivity index (χ0n) is 10.4. The quantitative estimate of drug-likeness (QED) is 0.387. The number of esters is 1. The van der Waals surface area contributed by atoms with Crippen LogP contribution < -0.4 is 4.74 Å². The Morgan fingerprint density at radius 2 is 2.06 bits per heavy atom. The Bertz CT molecular complexity index is 544. The van der Waals surface area contributed by atoms with E-state index in [9.17, 15) is 4.79 Å². The molecule has 2 nitrogen and oxygen atoms in total. The minimum Gasteiger partial charge on any atom is -0.426 e. The molecule has 0 fully saturated rings. The van der Waals surface area contributed by atoms with E-state index in [1.54, 1.807) is 0 Å². The van der Waals surface area contributed by atoms with Crippen molar-refractivity contribution in [1.29, 1.82) is 0 Å². The van der Waals surface area contributed by atoms with Crippen LogP contribution in [0.25, 0.3) is 0 Å². The van der Waals surface area contributed by atoms with Crippen molar-refractivity contribution in [3.63, 3.8) is 0 Å². The Labute approximate surface area is 101 Å². The van der Waals surface area contributed by atoms with E-state index in [1.807, 2.05) is 25.1 Å². The highest BCUT2D eigenvalue weighted by Gasteiger charge is 2.56. The van der Waals surface area contributed by atoms with Crippen molar-refractivity contribution in [2.24, 2.45) is 5.41 Å². The fourth-order valence-corrected chi connectivity index (χ4v) is 2.98. The summed E-state index contributed by atoms with van der Waals surface area (Å²) in [6.07, 6.45) is 4.99. The molecule has 2 heteroatoms. The predicted octanol–water partition coefficient (Wildman–Crippen LogP) is 3.14. The first-order chi connectivity index (χ1) is 7.97. The van der Waals surface area contributed by atoms with Gasteiger partial charge in [0, 0.05) is 11.0 Å². The summed E-state index contributed by atoms with van der Waals surface area (Å²) in [7, 11) is 0. The maximum absolute atomic E-state index is 12.2. The van der Waals surface area contributed by atoms with Gasteiger partial charge in [-0.05, 0) is 26.3 Å². The SMILES string of the molecule is Cc1ccc2c(c1)[C@@]1(C)CC=C[C@@]1(C)C(=O)O2. The molecule has 0 amide bonds. The summed E-state index contributed by atoms with van der Waals surface area (Å²) in [5.41, 5.74) is 1.68. The maximum atomic E-state index is 12.2. The zero-order valence-corrected chi connectivity index (χ0v) is 10.4. The average Bonchev–Trinajstić information content (AvgIpc) is 2.60. The van der Waals surface area contributed by atoms with Crippen LogP contribution >= 0.6 is 0 Å². The van der Waals surface area contributed by atoms with Gasteiger partial charge in [0.2, 0.25) is 0 Å². The first-order valence-corrected chi connectivity index (χ1v) is 5.98. The van der Waals surface area contributed by atoms with Gasteiger partial charge in [-0.25, -0.2) is 0 Å². The van der Waals surface area contributed by atoms with E-state index in [0.717, 1.165) is 17.7 Å². The van der Waals surface area contributed by atoms with Gasteiger partial charge < -0.3 is 4.74 Å². The molecular weight excluding hydrogens is 212 g/mol. The summed E-state index contributed by atoms with van der Waals surface area (Å²) < 4.78 is 5.48. The van der Waals surface area contributed by atoms with E-state index in [-0.39, 0.29) is 11.4 Å². The Morgan fingerprint density at radius 3 is 2.82 bits per heavy atom. The number of allylic oxidation sites excluding steroid dienone is 1. The van der Waals surface area contributed by atoms with Crippen molar-refractivity contribution in [2.75, 3.05) is 0 Å². The molecule has 1 aromatic rings. The number of carbonyl (C=O) groups is 1. The Morgan fingerprint density at radius 1 is 1.29 bits per heavy atom. The van der Waals surface area contributed by atoms with Gasteiger partial charge in [0.25, 0.3) is 0 Å². The van der Waals surface area contributed by atoms with E-state index in [1.165, 1.54) is 5.56 Å². The monoisotopic (exact) mass is 228 g/mol. The van der Waals surface area contributed by atoms with Crippen molar-refractivity contribution in [2.45, 2.75) is 32.6 Å². The van der Waals surface area contributed by atoms with Crippen LogP contribution in [0.1, 0.15) is 31.4 Å². The third-order valence-electron chi connectivity index (χ3n) is 4.48. The highest BCUT2D eigenvalue weighted by Crippen LogP contribution is 2.56. The average molecular weight is 228 g/mol. The molecule has 0 saturated heterocycles. The van der Waals surface area contributed by atoms with Gasteiger partial charge in [0.1, 0.15) is 5.75 Å².